The molecule has 2 aromatic carbocycles. The van der Waals surface area contributed by atoms with Gasteiger partial charge in [0.25, 0.3) is 0 Å². The number of benzene rings is 2. The number of aliphatic hydroxyl groups is 1. The van der Waals surface area contributed by atoms with E-state index in [1.807, 2.05) is 67.6 Å². The summed E-state index contributed by atoms with van der Waals surface area (Å²) in [5.74, 6) is 0.318. The molecule has 0 fully saturated rings. The van der Waals surface area contributed by atoms with Crippen LogP contribution in [0.1, 0.15) is 18.4 Å². The maximum atomic E-state index is 12.0. The van der Waals surface area contributed by atoms with Crippen molar-refractivity contribution in [3.05, 3.63) is 66.2 Å². The number of aliphatic hydroxyl groups excluding tert-OH is 1. The summed E-state index contributed by atoms with van der Waals surface area (Å²) >= 11 is 0. The molecule has 0 spiro atoms. The van der Waals surface area contributed by atoms with E-state index in [0.717, 1.165) is 11.3 Å². The molecule has 1 amide bonds. The number of aliphatic imine (C=N–C) groups is 1. The van der Waals surface area contributed by atoms with Gasteiger partial charge in [0.05, 0.1) is 6.61 Å². The number of hydrogen-bond acceptors (Lipinski definition) is 3. The summed E-state index contributed by atoms with van der Waals surface area (Å²) in [5, 5.41) is 18.7. The maximum absolute atomic E-state index is 12.0. The van der Waals surface area contributed by atoms with Crippen LogP contribution in [-0.2, 0) is 4.79 Å². The number of para-hydroxylation sites is 1. The summed E-state index contributed by atoms with van der Waals surface area (Å²) in [6.07, 6.45) is 0. The van der Waals surface area contributed by atoms with Crippen molar-refractivity contribution in [2.24, 2.45) is 4.99 Å². The molecule has 1 atom stereocenters. The van der Waals surface area contributed by atoms with Gasteiger partial charge in [0, 0.05) is 24.7 Å². The predicted molar refractivity (Wildman–Crippen MR) is 121 cm³/mol. The molecule has 146 valence electrons. The van der Waals surface area contributed by atoms with Gasteiger partial charge in [-0.1, -0.05) is 48.5 Å². The smallest absolute Gasteiger partial charge is 0.246 e. The second-order valence-corrected chi connectivity index (χ2v) is 5.78. The summed E-state index contributed by atoms with van der Waals surface area (Å²) in [6, 6.07) is 19.1. The Labute approximate surface area is 177 Å². The van der Waals surface area contributed by atoms with Crippen molar-refractivity contribution >= 4 is 41.5 Å². The van der Waals surface area contributed by atoms with Gasteiger partial charge in [-0.25, -0.2) is 4.99 Å². The van der Waals surface area contributed by atoms with Crippen LogP contribution < -0.4 is 16.0 Å². The summed E-state index contributed by atoms with van der Waals surface area (Å²) in [5.41, 5.74) is 1.80. The Kier molecular flexibility index (Phi) is 11.1. The van der Waals surface area contributed by atoms with Gasteiger partial charge in [0.2, 0.25) is 5.91 Å². The zero-order valence-corrected chi connectivity index (χ0v) is 17.7. The Balaban J connectivity index is 0.00000364. The monoisotopic (exact) mass is 482 g/mol. The molecule has 0 aliphatic heterocycles. The molecule has 0 bridgehead atoms. The molecule has 7 heteroatoms. The Morgan fingerprint density at radius 3 is 2.26 bits per heavy atom. The van der Waals surface area contributed by atoms with Gasteiger partial charge in [0.1, 0.15) is 6.54 Å². The fraction of sp³-hybridized carbons (Fsp3) is 0.300. The zero-order chi connectivity index (χ0) is 18.6. The van der Waals surface area contributed by atoms with Crippen molar-refractivity contribution in [1.29, 1.82) is 0 Å². The lowest BCUT2D eigenvalue weighted by atomic mass is 10.0. The number of amides is 1. The molecule has 2 aromatic rings. The highest BCUT2D eigenvalue weighted by molar-refractivity contribution is 14.0. The molecule has 0 heterocycles. The minimum atomic E-state index is -0.185. The average molecular weight is 482 g/mol. The van der Waals surface area contributed by atoms with Gasteiger partial charge in [-0.05, 0) is 24.6 Å². The number of nitrogens with zero attached hydrogens (tertiary/aromatic N) is 1. The largest absolute Gasteiger partial charge is 0.396 e. The molecule has 0 aliphatic carbocycles. The van der Waals surface area contributed by atoms with Crippen molar-refractivity contribution in [3.8, 4) is 0 Å². The molecule has 6 nitrogen and oxygen atoms in total. The lowest BCUT2D eigenvalue weighted by molar-refractivity contribution is -0.114. The molecule has 1 unspecified atom stereocenters. The molecule has 0 aromatic heterocycles. The molecule has 4 N–H and O–H groups in total. The molecule has 0 saturated heterocycles. The predicted octanol–water partition coefficient (Wildman–Crippen LogP) is 2.57. The lowest BCUT2D eigenvalue weighted by Crippen LogP contribution is -2.40. The Hall–Kier alpha value is -2.13. The van der Waals surface area contributed by atoms with Crippen LogP contribution in [0.5, 0.6) is 0 Å². The summed E-state index contributed by atoms with van der Waals surface area (Å²) in [6.45, 7) is 3.21. The normalized spacial score (nSPS) is 11.9. The number of rotatable bonds is 8. The van der Waals surface area contributed by atoms with E-state index in [0.29, 0.717) is 19.0 Å². The van der Waals surface area contributed by atoms with E-state index in [2.05, 4.69) is 20.9 Å². The summed E-state index contributed by atoms with van der Waals surface area (Å²) in [4.78, 5) is 16.3. The van der Waals surface area contributed by atoms with Gasteiger partial charge in [-0.15, -0.1) is 24.0 Å². The minimum Gasteiger partial charge on any atom is -0.396 e. The van der Waals surface area contributed by atoms with Crippen LogP contribution in [0.4, 0.5) is 5.69 Å². The molecule has 0 radical (unpaired) electrons. The number of carbonyl (C=O) groups is 1. The van der Waals surface area contributed by atoms with E-state index in [4.69, 9.17) is 0 Å². The van der Waals surface area contributed by atoms with Crippen LogP contribution >= 0.6 is 24.0 Å². The number of nitrogens with one attached hydrogen (secondary N) is 3. The minimum absolute atomic E-state index is 0. The van der Waals surface area contributed by atoms with Crippen molar-refractivity contribution in [2.45, 2.75) is 12.8 Å². The topological polar surface area (TPSA) is 85.8 Å². The third-order valence-electron chi connectivity index (χ3n) is 3.79. The molecule has 0 aliphatic rings. The van der Waals surface area contributed by atoms with Crippen LogP contribution in [0.3, 0.4) is 0 Å². The third kappa shape index (κ3) is 8.40. The van der Waals surface area contributed by atoms with Gasteiger partial charge < -0.3 is 21.1 Å². The first-order valence-electron chi connectivity index (χ1n) is 8.75. The van der Waals surface area contributed by atoms with Crippen LogP contribution in [0.2, 0.25) is 0 Å². The molecule has 0 saturated carbocycles. The number of carbonyl (C=O) groups excluding carboxylic acids is 1. The first kappa shape index (κ1) is 22.9. The third-order valence-corrected chi connectivity index (χ3v) is 3.79. The SMILES string of the molecule is CCNC(=NCC(=O)Nc1ccccc1)NCC(CO)c1ccccc1.I. The molecule has 27 heavy (non-hydrogen) atoms. The second-order valence-electron chi connectivity index (χ2n) is 5.78. The zero-order valence-electron chi connectivity index (χ0n) is 15.4. The first-order valence-corrected chi connectivity index (χ1v) is 8.75. The number of guanidine groups is 1. The summed E-state index contributed by atoms with van der Waals surface area (Å²) < 4.78 is 0. The van der Waals surface area contributed by atoms with Gasteiger partial charge in [-0.3, -0.25) is 4.79 Å². The van der Waals surface area contributed by atoms with Crippen LogP contribution in [0.15, 0.2) is 65.7 Å². The molecular formula is C20H27IN4O2. The van der Waals surface area contributed by atoms with E-state index in [9.17, 15) is 9.90 Å². The van der Waals surface area contributed by atoms with Crippen LogP contribution in [-0.4, -0.2) is 43.2 Å². The second kappa shape index (κ2) is 13.1. The maximum Gasteiger partial charge on any atom is 0.246 e. The standard InChI is InChI=1S/C20H26N4O2.HI/c1-2-21-20(22-13-17(15-25)16-9-5-3-6-10-16)23-14-19(26)24-18-11-7-4-8-12-18;/h3-12,17,25H,2,13-15H2,1H3,(H,24,26)(H2,21,22,23);1H. The fourth-order valence-electron chi connectivity index (χ4n) is 2.45. The fourth-order valence-corrected chi connectivity index (χ4v) is 2.45. The molecular weight excluding hydrogens is 455 g/mol. The van der Waals surface area contributed by atoms with E-state index < -0.39 is 0 Å². The van der Waals surface area contributed by atoms with E-state index in [1.54, 1.807) is 0 Å². The van der Waals surface area contributed by atoms with Crippen molar-refractivity contribution in [3.63, 3.8) is 0 Å². The van der Waals surface area contributed by atoms with E-state index >= 15 is 0 Å². The average Bonchev–Trinajstić information content (AvgIpc) is 2.68. The Bertz CT molecular complexity index is 696. The highest BCUT2D eigenvalue weighted by atomic mass is 127. The molecule has 2 rings (SSSR count). The van der Waals surface area contributed by atoms with Crippen molar-refractivity contribution < 1.29 is 9.90 Å². The highest BCUT2D eigenvalue weighted by Crippen LogP contribution is 2.13. The number of halogens is 1. The van der Waals surface area contributed by atoms with E-state index in [-0.39, 0.29) is 49.0 Å². The van der Waals surface area contributed by atoms with Crippen LogP contribution in [0, 0.1) is 0 Å². The highest BCUT2D eigenvalue weighted by Gasteiger charge is 2.11. The summed E-state index contributed by atoms with van der Waals surface area (Å²) in [7, 11) is 0. The number of anilines is 1. The number of hydrogen-bond donors (Lipinski definition) is 4. The lowest BCUT2D eigenvalue weighted by Gasteiger charge is -2.18. The first-order chi connectivity index (χ1) is 12.7. The Morgan fingerprint density at radius 2 is 1.67 bits per heavy atom. The van der Waals surface area contributed by atoms with Gasteiger partial charge in [0.15, 0.2) is 5.96 Å². The van der Waals surface area contributed by atoms with Crippen molar-refractivity contribution in [1.82, 2.24) is 10.6 Å². The van der Waals surface area contributed by atoms with Crippen LogP contribution in [0.25, 0.3) is 0 Å². The van der Waals surface area contributed by atoms with Gasteiger partial charge >= 0.3 is 0 Å². The Morgan fingerprint density at radius 1 is 1.04 bits per heavy atom. The van der Waals surface area contributed by atoms with Crippen molar-refractivity contribution in [2.75, 3.05) is 31.6 Å². The van der Waals surface area contributed by atoms with E-state index in [1.165, 1.54) is 0 Å². The van der Waals surface area contributed by atoms with Gasteiger partial charge in [-0.2, -0.15) is 0 Å². The quantitative estimate of drug-likeness (QED) is 0.265.